The minimum absolute atomic E-state index is 0.0662. The van der Waals surface area contributed by atoms with Crippen LogP contribution in [0.2, 0.25) is 0 Å². The highest BCUT2D eigenvalue weighted by molar-refractivity contribution is 5.97. The second-order valence-electron chi connectivity index (χ2n) is 5.95. The van der Waals surface area contributed by atoms with E-state index < -0.39 is 11.9 Å². The number of rotatable bonds is 5. The first kappa shape index (κ1) is 18.8. The average molecular weight is 375 g/mol. The molecule has 0 aliphatic rings. The number of nitrogens with zero attached hydrogens (tertiary/aromatic N) is 1. The van der Waals surface area contributed by atoms with Crippen LogP contribution in [0.1, 0.15) is 20.7 Å². The van der Waals surface area contributed by atoms with Gasteiger partial charge in [0.15, 0.2) is 12.4 Å². The smallest absolute Gasteiger partial charge is 0.307 e. The number of carbonyl (C=O) groups excluding carboxylic acids is 3. The fraction of sp³-hybridized carbons (Fsp3) is 0.0476. The summed E-state index contributed by atoms with van der Waals surface area (Å²) in [7, 11) is 0. The van der Waals surface area contributed by atoms with E-state index >= 15 is 0 Å². The molecule has 2 aromatic carbocycles. The first-order chi connectivity index (χ1) is 13.6. The second-order valence-corrected chi connectivity index (χ2v) is 5.95. The van der Waals surface area contributed by atoms with E-state index in [9.17, 15) is 14.4 Å². The molecular formula is C21H19N4O3+. The van der Waals surface area contributed by atoms with E-state index in [1.54, 1.807) is 77.6 Å². The van der Waals surface area contributed by atoms with Gasteiger partial charge in [0.25, 0.3) is 5.91 Å². The van der Waals surface area contributed by atoms with Crippen LogP contribution in [0.25, 0.3) is 0 Å². The molecule has 1 heterocycles. The highest BCUT2D eigenvalue weighted by Crippen LogP contribution is 2.04. The predicted molar refractivity (Wildman–Crippen MR) is 103 cm³/mol. The van der Waals surface area contributed by atoms with Crippen molar-refractivity contribution in [3.63, 3.8) is 0 Å². The van der Waals surface area contributed by atoms with Gasteiger partial charge in [0.05, 0.1) is 0 Å². The topological polar surface area (TPSA) is 91.2 Å². The van der Waals surface area contributed by atoms with Crippen LogP contribution in [-0.2, 0) is 6.54 Å². The van der Waals surface area contributed by atoms with Gasteiger partial charge in [-0.3, -0.25) is 15.0 Å². The van der Waals surface area contributed by atoms with Gasteiger partial charge in [-0.1, -0.05) is 48.5 Å². The SMILES string of the molecule is O=C(NNC(=O)c1ccc[n+](CC(=O)c2ccccc2)c1)Nc1ccccc1. The lowest BCUT2D eigenvalue weighted by Crippen LogP contribution is -2.45. The fourth-order valence-electron chi connectivity index (χ4n) is 2.51. The fourth-order valence-corrected chi connectivity index (χ4v) is 2.51. The van der Waals surface area contributed by atoms with Crippen LogP contribution < -0.4 is 20.7 Å². The third-order valence-corrected chi connectivity index (χ3v) is 3.86. The number of benzene rings is 2. The largest absolute Gasteiger partial charge is 0.337 e. The van der Waals surface area contributed by atoms with Gasteiger partial charge in [0.2, 0.25) is 12.3 Å². The van der Waals surface area contributed by atoms with Crippen molar-refractivity contribution in [1.29, 1.82) is 0 Å². The molecule has 3 aromatic rings. The number of ketones is 1. The molecule has 0 aliphatic carbocycles. The lowest BCUT2D eigenvalue weighted by atomic mass is 10.1. The van der Waals surface area contributed by atoms with Crippen LogP contribution in [0.15, 0.2) is 85.2 Å². The van der Waals surface area contributed by atoms with Crippen molar-refractivity contribution >= 4 is 23.4 Å². The van der Waals surface area contributed by atoms with Crippen LogP contribution in [-0.4, -0.2) is 17.7 Å². The monoisotopic (exact) mass is 375 g/mol. The van der Waals surface area contributed by atoms with E-state index in [1.807, 2.05) is 12.1 Å². The van der Waals surface area contributed by atoms with Crippen molar-refractivity contribution in [1.82, 2.24) is 10.9 Å². The number of Topliss-reactive ketones (excluding diaryl/α,β-unsaturated/α-hetero) is 1. The zero-order valence-electron chi connectivity index (χ0n) is 15.0. The van der Waals surface area contributed by atoms with Crippen molar-refractivity contribution in [3.8, 4) is 0 Å². The van der Waals surface area contributed by atoms with Gasteiger partial charge in [-0.2, -0.15) is 4.57 Å². The van der Waals surface area contributed by atoms with Crippen LogP contribution in [0, 0.1) is 0 Å². The molecule has 0 fully saturated rings. The Bertz CT molecular complexity index is 975. The summed E-state index contributed by atoms with van der Waals surface area (Å²) in [4.78, 5) is 36.4. The Hall–Kier alpha value is -4.00. The Morgan fingerprint density at radius 1 is 0.750 bits per heavy atom. The molecule has 3 amide bonds. The Kier molecular flexibility index (Phi) is 6.10. The quantitative estimate of drug-likeness (QED) is 0.363. The zero-order chi connectivity index (χ0) is 19.8. The number of hydrogen-bond acceptors (Lipinski definition) is 3. The average Bonchev–Trinajstić information content (AvgIpc) is 2.73. The number of aromatic nitrogens is 1. The van der Waals surface area contributed by atoms with Gasteiger partial charge in [0, 0.05) is 17.3 Å². The summed E-state index contributed by atoms with van der Waals surface area (Å²) in [6, 6.07) is 20.5. The number of urea groups is 1. The van der Waals surface area contributed by atoms with Crippen molar-refractivity contribution < 1.29 is 19.0 Å². The van der Waals surface area contributed by atoms with E-state index in [2.05, 4.69) is 16.2 Å². The Labute approximate surface area is 162 Å². The minimum atomic E-state index is -0.567. The van der Waals surface area contributed by atoms with Crippen LogP contribution in [0.4, 0.5) is 10.5 Å². The Balaban J connectivity index is 1.56. The molecule has 28 heavy (non-hydrogen) atoms. The zero-order valence-corrected chi connectivity index (χ0v) is 15.0. The van der Waals surface area contributed by atoms with Gasteiger partial charge in [-0.05, 0) is 18.2 Å². The predicted octanol–water partition coefficient (Wildman–Crippen LogP) is 2.32. The second kappa shape index (κ2) is 9.09. The van der Waals surface area contributed by atoms with E-state index in [4.69, 9.17) is 0 Å². The third-order valence-electron chi connectivity index (χ3n) is 3.86. The van der Waals surface area contributed by atoms with Crippen LogP contribution >= 0.6 is 0 Å². The van der Waals surface area contributed by atoms with E-state index in [0.717, 1.165) is 0 Å². The number of hydrogen-bond donors (Lipinski definition) is 3. The molecule has 3 N–H and O–H groups in total. The summed E-state index contributed by atoms with van der Waals surface area (Å²) in [5.74, 6) is -0.562. The molecule has 0 radical (unpaired) electrons. The third kappa shape index (κ3) is 5.25. The van der Waals surface area contributed by atoms with Gasteiger partial charge in [-0.25, -0.2) is 10.2 Å². The van der Waals surface area contributed by atoms with E-state index in [-0.39, 0.29) is 12.3 Å². The van der Waals surface area contributed by atoms with Crippen molar-refractivity contribution in [2.45, 2.75) is 6.54 Å². The Morgan fingerprint density at radius 2 is 1.39 bits per heavy atom. The summed E-state index contributed by atoms with van der Waals surface area (Å²) in [5, 5.41) is 2.59. The molecule has 140 valence electrons. The molecule has 0 saturated carbocycles. The van der Waals surface area contributed by atoms with Gasteiger partial charge in [-0.15, -0.1) is 0 Å². The van der Waals surface area contributed by atoms with Gasteiger partial charge < -0.3 is 5.32 Å². The van der Waals surface area contributed by atoms with Crippen molar-refractivity contribution in [3.05, 3.63) is 96.3 Å². The number of hydrazine groups is 1. The number of para-hydroxylation sites is 1. The summed E-state index contributed by atoms with van der Waals surface area (Å²) < 4.78 is 1.62. The molecule has 0 bridgehead atoms. The summed E-state index contributed by atoms with van der Waals surface area (Å²) in [5.41, 5.74) is 6.13. The normalized spacial score (nSPS) is 10.0. The molecule has 0 atom stereocenters. The lowest BCUT2D eigenvalue weighted by Gasteiger charge is -2.08. The number of nitrogens with one attached hydrogen (secondary N) is 3. The molecule has 0 spiro atoms. The van der Waals surface area contributed by atoms with Crippen LogP contribution in [0.3, 0.4) is 0 Å². The van der Waals surface area contributed by atoms with E-state index in [1.165, 1.54) is 0 Å². The number of carbonyl (C=O) groups is 3. The lowest BCUT2D eigenvalue weighted by molar-refractivity contribution is -0.683. The molecule has 7 nitrogen and oxygen atoms in total. The number of pyridine rings is 1. The summed E-state index contributed by atoms with van der Waals surface area (Å²) in [6.07, 6.45) is 3.25. The maximum Gasteiger partial charge on any atom is 0.337 e. The van der Waals surface area contributed by atoms with Crippen molar-refractivity contribution in [2.24, 2.45) is 0 Å². The number of anilines is 1. The van der Waals surface area contributed by atoms with Crippen LogP contribution in [0.5, 0.6) is 0 Å². The molecule has 0 unspecified atom stereocenters. The number of amides is 3. The molecular weight excluding hydrogens is 356 g/mol. The molecule has 3 rings (SSSR count). The summed E-state index contributed by atoms with van der Waals surface area (Å²) >= 11 is 0. The molecule has 0 saturated heterocycles. The van der Waals surface area contributed by atoms with Gasteiger partial charge >= 0.3 is 6.03 Å². The molecule has 0 aliphatic heterocycles. The maximum atomic E-state index is 12.3. The highest BCUT2D eigenvalue weighted by atomic mass is 16.2. The first-order valence-corrected chi connectivity index (χ1v) is 8.61. The highest BCUT2D eigenvalue weighted by Gasteiger charge is 2.15. The van der Waals surface area contributed by atoms with Gasteiger partial charge in [0.1, 0.15) is 5.56 Å². The molecule has 1 aromatic heterocycles. The Morgan fingerprint density at radius 3 is 2.11 bits per heavy atom. The standard InChI is InChI=1S/C21H18N4O3/c26-19(16-8-3-1-4-9-16)15-25-13-7-10-17(14-25)20(27)23-24-21(28)22-18-11-5-2-6-12-18/h1-14H,15H2,(H2-,22,23,24,27,28)/p+1. The minimum Gasteiger partial charge on any atom is -0.307 e. The maximum absolute atomic E-state index is 12.3. The first-order valence-electron chi connectivity index (χ1n) is 8.61. The summed E-state index contributed by atoms with van der Waals surface area (Å²) in [6.45, 7) is 0.104. The van der Waals surface area contributed by atoms with Crippen molar-refractivity contribution in [2.75, 3.05) is 5.32 Å². The van der Waals surface area contributed by atoms with E-state index in [0.29, 0.717) is 16.8 Å². The molecule has 7 heteroatoms.